The summed E-state index contributed by atoms with van der Waals surface area (Å²) in [6, 6.07) is 5.72. The fourth-order valence-corrected chi connectivity index (χ4v) is 2.43. The Morgan fingerprint density at radius 1 is 1.44 bits per heavy atom. The number of rotatable bonds is 4. The van der Waals surface area contributed by atoms with Crippen LogP contribution in [0.25, 0.3) is 0 Å². The number of benzene rings is 1. The Bertz CT molecular complexity index is 456. The van der Waals surface area contributed by atoms with E-state index in [0.29, 0.717) is 10.7 Å². The molecule has 0 spiro atoms. The Morgan fingerprint density at radius 2 is 2.31 bits per heavy atom. The molecular formula is C11H12ClN3S. The van der Waals surface area contributed by atoms with E-state index in [9.17, 15) is 0 Å². The number of thioether (sulfide) groups is 1. The number of nitrogens with zero attached hydrogens (tertiary/aromatic N) is 2. The van der Waals surface area contributed by atoms with Crippen LogP contribution >= 0.6 is 23.4 Å². The molecular weight excluding hydrogens is 242 g/mol. The van der Waals surface area contributed by atoms with E-state index in [1.165, 1.54) is 0 Å². The fraction of sp³-hybridized carbons (Fsp3) is 0.182. The van der Waals surface area contributed by atoms with E-state index in [2.05, 4.69) is 4.98 Å². The maximum Gasteiger partial charge on any atom is 0.0946 e. The van der Waals surface area contributed by atoms with Crippen LogP contribution in [0.2, 0.25) is 5.02 Å². The molecule has 0 aliphatic rings. The molecule has 2 aromatic rings. The van der Waals surface area contributed by atoms with E-state index in [-0.39, 0.29) is 0 Å². The highest BCUT2D eigenvalue weighted by Crippen LogP contribution is 2.26. The third kappa shape index (κ3) is 2.93. The summed E-state index contributed by atoms with van der Waals surface area (Å²) < 4.78 is 2.05. The second kappa shape index (κ2) is 5.27. The lowest BCUT2D eigenvalue weighted by Gasteiger charge is -2.04. The number of aryl methyl sites for hydroxylation is 1. The molecule has 0 atom stereocenters. The second-order valence-electron chi connectivity index (χ2n) is 3.33. The van der Waals surface area contributed by atoms with Crippen molar-refractivity contribution in [3.63, 3.8) is 0 Å². The largest absolute Gasteiger partial charge is 0.398 e. The molecule has 0 aliphatic carbocycles. The zero-order chi connectivity index (χ0) is 11.4. The predicted molar refractivity (Wildman–Crippen MR) is 68.8 cm³/mol. The Kier molecular flexibility index (Phi) is 3.74. The Morgan fingerprint density at radius 3 is 3.00 bits per heavy atom. The summed E-state index contributed by atoms with van der Waals surface area (Å²) in [7, 11) is 0. The van der Waals surface area contributed by atoms with Gasteiger partial charge in [0.25, 0.3) is 0 Å². The Hall–Kier alpha value is -1.13. The van der Waals surface area contributed by atoms with E-state index < -0.39 is 0 Å². The van der Waals surface area contributed by atoms with Crippen LogP contribution in [0.15, 0.2) is 41.8 Å². The van der Waals surface area contributed by atoms with Gasteiger partial charge >= 0.3 is 0 Å². The second-order valence-corrected chi connectivity index (χ2v) is 4.91. The molecule has 3 nitrogen and oxygen atoms in total. The highest BCUT2D eigenvalue weighted by Gasteiger charge is 1.99. The molecule has 0 amide bonds. The van der Waals surface area contributed by atoms with Gasteiger partial charge < -0.3 is 10.3 Å². The summed E-state index contributed by atoms with van der Waals surface area (Å²) in [5, 5.41) is 0.618. The first kappa shape index (κ1) is 11.4. The molecule has 0 aliphatic heterocycles. The molecule has 5 heteroatoms. The van der Waals surface area contributed by atoms with Gasteiger partial charge in [0.2, 0.25) is 0 Å². The Labute approximate surface area is 104 Å². The van der Waals surface area contributed by atoms with Crippen LogP contribution in [-0.4, -0.2) is 15.3 Å². The maximum absolute atomic E-state index is 5.94. The monoisotopic (exact) mass is 253 g/mol. The van der Waals surface area contributed by atoms with Crippen molar-refractivity contribution in [2.24, 2.45) is 0 Å². The fourth-order valence-electron chi connectivity index (χ4n) is 1.29. The van der Waals surface area contributed by atoms with Crippen LogP contribution in [-0.2, 0) is 6.54 Å². The molecule has 0 saturated heterocycles. The van der Waals surface area contributed by atoms with Gasteiger partial charge in [0.05, 0.1) is 17.0 Å². The van der Waals surface area contributed by atoms with Crippen LogP contribution in [0.5, 0.6) is 0 Å². The molecule has 1 aromatic carbocycles. The van der Waals surface area contributed by atoms with Crippen LogP contribution in [0, 0.1) is 0 Å². The van der Waals surface area contributed by atoms with Crippen molar-refractivity contribution in [1.82, 2.24) is 9.55 Å². The van der Waals surface area contributed by atoms with Crippen molar-refractivity contribution in [3.8, 4) is 0 Å². The number of hydrogen-bond acceptors (Lipinski definition) is 3. The average molecular weight is 254 g/mol. The van der Waals surface area contributed by atoms with Crippen LogP contribution in [0.4, 0.5) is 5.69 Å². The summed E-state index contributed by atoms with van der Waals surface area (Å²) in [4.78, 5) is 5.13. The van der Waals surface area contributed by atoms with E-state index in [1.807, 2.05) is 35.3 Å². The topological polar surface area (TPSA) is 43.8 Å². The van der Waals surface area contributed by atoms with Gasteiger partial charge in [0.15, 0.2) is 0 Å². The van der Waals surface area contributed by atoms with Gasteiger partial charge in [0, 0.05) is 29.6 Å². The molecule has 0 saturated carbocycles. The zero-order valence-corrected chi connectivity index (χ0v) is 10.2. The molecule has 2 N–H and O–H groups in total. The third-order valence-corrected chi connectivity index (χ3v) is 3.45. The molecule has 0 unspecified atom stereocenters. The number of nitrogen functional groups attached to an aromatic ring is 1. The van der Waals surface area contributed by atoms with Gasteiger partial charge in [-0.2, -0.15) is 0 Å². The highest BCUT2D eigenvalue weighted by molar-refractivity contribution is 7.99. The number of hydrogen-bond donors (Lipinski definition) is 1. The SMILES string of the molecule is Nc1ccc(SCCn2ccnc2)cc1Cl. The number of nitrogens with two attached hydrogens (primary N) is 1. The number of imidazole rings is 1. The molecule has 0 radical (unpaired) electrons. The quantitative estimate of drug-likeness (QED) is 0.673. The van der Waals surface area contributed by atoms with E-state index in [1.54, 1.807) is 18.0 Å². The first-order valence-corrected chi connectivity index (χ1v) is 6.25. The minimum Gasteiger partial charge on any atom is -0.398 e. The molecule has 0 fully saturated rings. The zero-order valence-electron chi connectivity index (χ0n) is 8.64. The first-order valence-electron chi connectivity index (χ1n) is 4.89. The van der Waals surface area contributed by atoms with Crippen molar-refractivity contribution in [1.29, 1.82) is 0 Å². The van der Waals surface area contributed by atoms with Crippen LogP contribution in [0.3, 0.4) is 0 Å². The smallest absolute Gasteiger partial charge is 0.0946 e. The Balaban J connectivity index is 1.87. The van der Waals surface area contributed by atoms with Crippen molar-refractivity contribution < 1.29 is 0 Å². The third-order valence-electron chi connectivity index (χ3n) is 2.15. The van der Waals surface area contributed by atoms with Gasteiger partial charge in [-0.1, -0.05) is 11.6 Å². The predicted octanol–water partition coefficient (Wildman–Crippen LogP) is 2.91. The molecule has 84 valence electrons. The lowest BCUT2D eigenvalue weighted by Crippen LogP contribution is -1.96. The lowest BCUT2D eigenvalue weighted by molar-refractivity contribution is 0.770. The molecule has 0 bridgehead atoms. The minimum atomic E-state index is 0.618. The summed E-state index contributed by atoms with van der Waals surface area (Å²) in [6.07, 6.45) is 5.55. The average Bonchev–Trinajstić information content (AvgIpc) is 2.76. The molecule has 1 aromatic heterocycles. The number of anilines is 1. The van der Waals surface area contributed by atoms with Gasteiger partial charge in [-0.05, 0) is 18.2 Å². The van der Waals surface area contributed by atoms with Crippen molar-refractivity contribution in [3.05, 3.63) is 41.9 Å². The van der Waals surface area contributed by atoms with Crippen molar-refractivity contribution >= 4 is 29.1 Å². The first-order chi connectivity index (χ1) is 7.75. The number of aromatic nitrogens is 2. The van der Waals surface area contributed by atoms with Gasteiger partial charge in [-0.25, -0.2) is 4.98 Å². The van der Waals surface area contributed by atoms with Gasteiger partial charge in [-0.3, -0.25) is 0 Å². The van der Waals surface area contributed by atoms with Crippen LogP contribution < -0.4 is 5.73 Å². The maximum atomic E-state index is 5.94. The molecule has 16 heavy (non-hydrogen) atoms. The van der Waals surface area contributed by atoms with Crippen molar-refractivity contribution in [2.75, 3.05) is 11.5 Å². The summed E-state index contributed by atoms with van der Waals surface area (Å²) in [6.45, 7) is 0.937. The van der Waals surface area contributed by atoms with E-state index in [0.717, 1.165) is 17.2 Å². The summed E-state index contributed by atoms with van der Waals surface area (Å²) in [5.41, 5.74) is 6.27. The number of halogens is 1. The van der Waals surface area contributed by atoms with Crippen molar-refractivity contribution in [2.45, 2.75) is 11.4 Å². The molecule has 2 rings (SSSR count). The lowest BCUT2D eigenvalue weighted by atomic mass is 10.3. The standard InChI is InChI=1S/C11H12ClN3S/c12-10-7-9(1-2-11(10)13)16-6-5-15-4-3-14-8-15/h1-4,7-8H,5-6,13H2. The van der Waals surface area contributed by atoms with E-state index >= 15 is 0 Å². The molecule has 1 heterocycles. The summed E-state index contributed by atoms with van der Waals surface area (Å²) in [5.74, 6) is 0.983. The minimum absolute atomic E-state index is 0.618. The van der Waals surface area contributed by atoms with Gasteiger partial charge in [-0.15, -0.1) is 11.8 Å². The normalized spacial score (nSPS) is 10.6. The summed E-state index contributed by atoms with van der Waals surface area (Å²) >= 11 is 7.69. The highest BCUT2D eigenvalue weighted by atomic mass is 35.5. The van der Waals surface area contributed by atoms with Crippen LogP contribution in [0.1, 0.15) is 0 Å². The van der Waals surface area contributed by atoms with E-state index in [4.69, 9.17) is 17.3 Å². The van der Waals surface area contributed by atoms with Gasteiger partial charge in [0.1, 0.15) is 0 Å².